The molecule has 0 aliphatic carbocycles. The normalized spacial score (nSPS) is 19.3. The SMILES string of the molecule is CC(CNCC1(CO)COC1)c1ccc(F)cc1. The predicted octanol–water partition coefficient (Wildman–Crippen LogP) is 1.53. The highest BCUT2D eigenvalue weighted by Gasteiger charge is 2.37. The average Bonchev–Trinajstić information content (AvgIpc) is 2.33. The molecule has 18 heavy (non-hydrogen) atoms. The van der Waals surface area contributed by atoms with Crippen molar-refractivity contribution >= 4 is 0 Å². The molecule has 0 amide bonds. The number of hydrogen-bond donors (Lipinski definition) is 2. The standard InChI is InChI=1S/C14H20FNO2/c1-11(12-2-4-13(15)5-3-12)6-16-7-14(8-17)9-18-10-14/h2-5,11,16-17H,6-10H2,1H3. The lowest BCUT2D eigenvalue weighted by Gasteiger charge is -2.40. The zero-order valence-electron chi connectivity index (χ0n) is 10.7. The van der Waals surface area contributed by atoms with Crippen LogP contribution < -0.4 is 5.32 Å². The second-order valence-electron chi connectivity index (χ2n) is 5.23. The van der Waals surface area contributed by atoms with Gasteiger partial charge in [0.15, 0.2) is 0 Å². The quantitative estimate of drug-likeness (QED) is 0.808. The fraction of sp³-hybridized carbons (Fsp3) is 0.571. The van der Waals surface area contributed by atoms with E-state index >= 15 is 0 Å². The number of aliphatic hydroxyl groups excluding tert-OH is 1. The van der Waals surface area contributed by atoms with Gasteiger partial charge >= 0.3 is 0 Å². The van der Waals surface area contributed by atoms with Crippen molar-refractivity contribution in [3.63, 3.8) is 0 Å². The molecule has 2 N–H and O–H groups in total. The molecule has 1 aliphatic heterocycles. The Bertz CT molecular complexity index is 370. The molecular weight excluding hydrogens is 233 g/mol. The minimum absolute atomic E-state index is 0.0947. The summed E-state index contributed by atoms with van der Waals surface area (Å²) in [5.41, 5.74) is 1.02. The zero-order valence-corrected chi connectivity index (χ0v) is 10.7. The third-order valence-corrected chi connectivity index (χ3v) is 3.54. The summed E-state index contributed by atoms with van der Waals surface area (Å²) in [7, 11) is 0. The van der Waals surface area contributed by atoms with E-state index in [9.17, 15) is 9.50 Å². The second kappa shape index (κ2) is 5.78. The van der Waals surface area contributed by atoms with Crippen molar-refractivity contribution < 1.29 is 14.2 Å². The third kappa shape index (κ3) is 3.07. The van der Waals surface area contributed by atoms with Crippen LogP contribution in [0.4, 0.5) is 4.39 Å². The highest BCUT2D eigenvalue weighted by atomic mass is 19.1. The van der Waals surface area contributed by atoms with Gasteiger partial charge in [-0.05, 0) is 23.6 Å². The molecule has 0 radical (unpaired) electrons. The Balaban J connectivity index is 1.78. The van der Waals surface area contributed by atoms with Crippen LogP contribution in [-0.4, -0.2) is 38.0 Å². The summed E-state index contributed by atoms with van der Waals surface area (Å²) in [6, 6.07) is 6.60. The molecule has 1 heterocycles. The molecule has 0 spiro atoms. The van der Waals surface area contributed by atoms with E-state index in [0.29, 0.717) is 19.1 Å². The molecule has 1 fully saturated rings. The van der Waals surface area contributed by atoms with Crippen molar-refractivity contribution in [2.75, 3.05) is 32.9 Å². The van der Waals surface area contributed by atoms with Crippen LogP contribution in [0.2, 0.25) is 0 Å². The van der Waals surface area contributed by atoms with Crippen molar-refractivity contribution in [2.24, 2.45) is 5.41 Å². The highest BCUT2D eigenvalue weighted by molar-refractivity contribution is 5.20. The van der Waals surface area contributed by atoms with Crippen LogP contribution in [0.25, 0.3) is 0 Å². The van der Waals surface area contributed by atoms with Gasteiger partial charge in [0.05, 0.1) is 25.2 Å². The smallest absolute Gasteiger partial charge is 0.123 e. The molecule has 1 aliphatic rings. The molecule has 4 heteroatoms. The monoisotopic (exact) mass is 253 g/mol. The molecule has 3 nitrogen and oxygen atoms in total. The fourth-order valence-electron chi connectivity index (χ4n) is 2.10. The molecule has 1 aromatic rings. The topological polar surface area (TPSA) is 41.5 Å². The van der Waals surface area contributed by atoms with Gasteiger partial charge in [0.1, 0.15) is 5.82 Å². The first-order valence-electron chi connectivity index (χ1n) is 6.30. The van der Waals surface area contributed by atoms with E-state index in [1.165, 1.54) is 12.1 Å². The van der Waals surface area contributed by atoms with Gasteiger partial charge in [-0.3, -0.25) is 0 Å². The maximum atomic E-state index is 12.8. The van der Waals surface area contributed by atoms with Gasteiger partial charge in [-0.15, -0.1) is 0 Å². The molecule has 1 saturated heterocycles. The van der Waals surface area contributed by atoms with E-state index < -0.39 is 0 Å². The molecule has 0 bridgehead atoms. The number of nitrogens with one attached hydrogen (secondary N) is 1. The number of halogens is 1. The van der Waals surface area contributed by atoms with Gasteiger partial charge in [-0.25, -0.2) is 4.39 Å². The molecule has 0 aromatic heterocycles. The fourth-order valence-corrected chi connectivity index (χ4v) is 2.10. The first-order valence-corrected chi connectivity index (χ1v) is 6.30. The first-order chi connectivity index (χ1) is 8.65. The average molecular weight is 253 g/mol. The minimum Gasteiger partial charge on any atom is -0.396 e. The van der Waals surface area contributed by atoms with Gasteiger partial charge in [0.25, 0.3) is 0 Å². The minimum atomic E-state index is -0.204. The van der Waals surface area contributed by atoms with Gasteiger partial charge < -0.3 is 15.2 Å². The lowest BCUT2D eigenvalue weighted by atomic mass is 9.87. The molecular formula is C14H20FNO2. The maximum absolute atomic E-state index is 12.8. The van der Waals surface area contributed by atoms with E-state index in [0.717, 1.165) is 18.7 Å². The van der Waals surface area contributed by atoms with Crippen molar-refractivity contribution in [2.45, 2.75) is 12.8 Å². The Labute approximate surface area is 107 Å². The van der Waals surface area contributed by atoms with Crippen molar-refractivity contribution in [3.05, 3.63) is 35.6 Å². The largest absolute Gasteiger partial charge is 0.396 e. The molecule has 1 aromatic carbocycles. The molecule has 2 rings (SSSR count). The van der Waals surface area contributed by atoms with Crippen molar-refractivity contribution in [3.8, 4) is 0 Å². The number of rotatable bonds is 6. The Morgan fingerprint density at radius 3 is 2.56 bits per heavy atom. The van der Waals surface area contributed by atoms with Crippen LogP contribution in [0.5, 0.6) is 0 Å². The third-order valence-electron chi connectivity index (χ3n) is 3.54. The van der Waals surface area contributed by atoms with Crippen LogP contribution in [0, 0.1) is 11.2 Å². The number of ether oxygens (including phenoxy) is 1. The van der Waals surface area contributed by atoms with Crippen molar-refractivity contribution in [1.82, 2.24) is 5.32 Å². The van der Waals surface area contributed by atoms with E-state index in [1.54, 1.807) is 0 Å². The lowest BCUT2D eigenvalue weighted by Crippen LogP contribution is -2.52. The summed E-state index contributed by atoms with van der Waals surface area (Å²) in [6.45, 7) is 5.08. The Morgan fingerprint density at radius 1 is 1.39 bits per heavy atom. The summed E-state index contributed by atoms with van der Waals surface area (Å²) < 4.78 is 17.9. The van der Waals surface area contributed by atoms with E-state index in [1.807, 2.05) is 12.1 Å². The Hall–Kier alpha value is -0.970. The molecule has 0 saturated carbocycles. The molecule has 1 unspecified atom stereocenters. The van der Waals surface area contributed by atoms with Crippen LogP contribution in [-0.2, 0) is 4.74 Å². The van der Waals surface area contributed by atoms with Gasteiger partial charge in [-0.2, -0.15) is 0 Å². The van der Waals surface area contributed by atoms with Crippen LogP contribution in [0.15, 0.2) is 24.3 Å². The van der Waals surface area contributed by atoms with Gasteiger partial charge in [0, 0.05) is 13.1 Å². The number of benzene rings is 1. The van der Waals surface area contributed by atoms with E-state index in [4.69, 9.17) is 4.74 Å². The van der Waals surface area contributed by atoms with Gasteiger partial charge in [-0.1, -0.05) is 19.1 Å². The summed E-state index contributed by atoms with van der Waals surface area (Å²) in [4.78, 5) is 0. The van der Waals surface area contributed by atoms with Crippen molar-refractivity contribution in [1.29, 1.82) is 0 Å². The Morgan fingerprint density at radius 2 is 2.06 bits per heavy atom. The van der Waals surface area contributed by atoms with Crippen LogP contribution >= 0.6 is 0 Å². The number of aliphatic hydroxyl groups is 1. The lowest BCUT2D eigenvalue weighted by molar-refractivity contribution is -0.134. The zero-order chi connectivity index (χ0) is 13.0. The first kappa shape index (κ1) is 13.5. The highest BCUT2D eigenvalue weighted by Crippen LogP contribution is 2.25. The van der Waals surface area contributed by atoms with Crippen LogP contribution in [0.3, 0.4) is 0 Å². The van der Waals surface area contributed by atoms with E-state index in [-0.39, 0.29) is 17.8 Å². The van der Waals surface area contributed by atoms with Gasteiger partial charge in [0.2, 0.25) is 0 Å². The molecule has 1 atom stereocenters. The number of hydrogen-bond acceptors (Lipinski definition) is 3. The Kier molecular flexibility index (Phi) is 4.32. The summed E-state index contributed by atoms with van der Waals surface area (Å²) in [5.74, 6) is 0.118. The second-order valence-corrected chi connectivity index (χ2v) is 5.23. The summed E-state index contributed by atoms with van der Waals surface area (Å²) in [6.07, 6.45) is 0. The summed E-state index contributed by atoms with van der Waals surface area (Å²) in [5, 5.41) is 12.6. The van der Waals surface area contributed by atoms with Crippen LogP contribution in [0.1, 0.15) is 18.4 Å². The summed E-state index contributed by atoms with van der Waals surface area (Å²) >= 11 is 0. The predicted molar refractivity (Wildman–Crippen MR) is 68.0 cm³/mol. The maximum Gasteiger partial charge on any atom is 0.123 e. The molecule has 100 valence electrons. The van der Waals surface area contributed by atoms with E-state index in [2.05, 4.69) is 12.2 Å².